The first kappa shape index (κ1) is 15.4. The van der Waals surface area contributed by atoms with Crippen molar-refractivity contribution in [3.63, 3.8) is 0 Å². The van der Waals surface area contributed by atoms with E-state index in [0.29, 0.717) is 5.13 Å². The summed E-state index contributed by atoms with van der Waals surface area (Å²) in [5.74, 6) is -0.186. The first-order valence-electron chi connectivity index (χ1n) is 5.98. The van der Waals surface area contributed by atoms with Crippen molar-refractivity contribution in [2.24, 2.45) is 0 Å². The highest BCUT2D eigenvalue weighted by Gasteiger charge is 2.16. The van der Waals surface area contributed by atoms with Crippen molar-refractivity contribution in [1.82, 2.24) is 10.2 Å². The van der Waals surface area contributed by atoms with E-state index in [1.54, 1.807) is 19.1 Å². The normalized spacial score (nSPS) is 11.9. The Hall–Kier alpha value is -2.00. The molecule has 0 fully saturated rings. The summed E-state index contributed by atoms with van der Waals surface area (Å²) in [5.41, 5.74) is 0.0285. The van der Waals surface area contributed by atoms with Gasteiger partial charge in [0, 0.05) is 17.0 Å². The molecule has 1 amide bonds. The number of anilines is 1. The molecule has 110 valence electrons. The molecule has 9 heteroatoms. The smallest absolute Gasteiger partial charge is 0.269 e. The molecule has 0 aliphatic rings. The Morgan fingerprint density at radius 3 is 2.57 bits per heavy atom. The number of thioether (sulfide) groups is 1. The van der Waals surface area contributed by atoms with Gasteiger partial charge in [0.15, 0.2) is 0 Å². The number of benzene rings is 1. The van der Waals surface area contributed by atoms with Gasteiger partial charge in [0.1, 0.15) is 5.01 Å². The molecule has 2 aromatic rings. The molecule has 1 aromatic heterocycles. The Morgan fingerprint density at radius 2 is 2.05 bits per heavy atom. The van der Waals surface area contributed by atoms with Crippen molar-refractivity contribution in [3.8, 4) is 0 Å². The number of carbonyl (C=O) groups excluding carboxylic acids is 1. The third-order valence-corrected chi connectivity index (χ3v) is 4.35. The Bertz CT molecular complexity index is 657. The van der Waals surface area contributed by atoms with E-state index in [9.17, 15) is 14.9 Å². The van der Waals surface area contributed by atoms with Gasteiger partial charge in [-0.1, -0.05) is 11.3 Å². The van der Waals surface area contributed by atoms with E-state index in [1.807, 2.05) is 6.92 Å². The van der Waals surface area contributed by atoms with Crippen LogP contribution in [-0.4, -0.2) is 26.3 Å². The Labute approximate surface area is 128 Å². The molecular formula is C12H12N4O3S2. The SMILES string of the molecule is Cc1nnc(NC(=O)C(C)Sc2ccc([N+](=O)[O-])cc2)s1. The zero-order chi connectivity index (χ0) is 15.4. The fourth-order valence-electron chi connectivity index (χ4n) is 1.46. The van der Waals surface area contributed by atoms with Gasteiger partial charge in [-0.25, -0.2) is 0 Å². The molecule has 0 aliphatic heterocycles. The van der Waals surface area contributed by atoms with Gasteiger partial charge in [0.05, 0.1) is 10.2 Å². The standard InChI is InChI=1S/C12H12N4O3S2/c1-7(11(17)13-12-15-14-8(2)21-12)20-10-5-3-9(4-6-10)16(18)19/h3-7H,1-2H3,(H,13,15,17). The highest BCUT2D eigenvalue weighted by atomic mass is 32.2. The van der Waals surface area contributed by atoms with Gasteiger partial charge in [0.25, 0.3) is 5.69 Å². The van der Waals surface area contributed by atoms with Crippen LogP contribution in [0.15, 0.2) is 29.2 Å². The molecule has 2 rings (SSSR count). The van der Waals surface area contributed by atoms with Crippen LogP contribution in [0.4, 0.5) is 10.8 Å². The van der Waals surface area contributed by atoms with Gasteiger partial charge < -0.3 is 0 Å². The van der Waals surface area contributed by atoms with Crippen LogP contribution < -0.4 is 5.32 Å². The molecular weight excluding hydrogens is 312 g/mol. The highest BCUT2D eigenvalue weighted by Crippen LogP contribution is 2.26. The summed E-state index contributed by atoms with van der Waals surface area (Å²) in [5, 5.41) is 21.8. The number of carbonyl (C=O) groups is 1. The summed E-state index contributed by atoms with van der Waals surface area (Å²) < 4.78 is 0. The van der Waals surface area contributed by atoms with Crippen LogP contribution in [0.25, 0.3) is 0 Å². The van der Waals surface area contributed by atoms with Crippen LogP contribution in [0, 0.1) is 17.0 Å². The second-order valence-corrected chi connectivity index (χ2v) is 6.72. The molecule has 21 heavy (non-hydrogen) atoms. The number of hydrogen-bond acceptors (Lipinski definition) is 7. The lowest BCUT2D eigenvalue weighted by Gasteiger charge is -2.09. The summed E-state index contributed by atoms with van der Waals surface area (Å²) in [4.78, 5) is 22.9. The van der Waals surface area contributed by atoms with Crippen molar-refractivity contribution in [3.05, 3.63) is 39.4 Å². The maximum Gasteiger partial charge on any atom is 0.269 e. The van der Waals surface area contributed by atoms with Gasteiger partial charge in [0.2, 0.25) is 11.0 Å². The fourth-order valence-corrected chi connectivity index (χ4v) is 2.92. The number of aryl methyl sites for hydroxylation is 1. The number of hydrogen-bond donors (Lipinski definition) is 1. The van der Waals surface area contributed by atoms with Crippen molar-refractivity contribution in [2.45, 2.75) is 24.0 Å². The molecule has 0 saturated carbocycles. The van der Waals surface area contributed by atoms with Crippen LogP contribution in [-0.2, 0) is 4.79 Å². The van der Waals surface area contributed by atoms with Gasteiger partial charge in [-0.15, -0.1) is 22.0 Å². The lowest BCUT2D eigenvalue weighted by molar-refractivity contribution is -0.384. The summed E-state index contributed by atoms with van der Waals surface area (Å²) in [6.07, 6.45) is 0. The number of rotatable bonds is 5. The van der Waals surface area contributed by atoms with Gasteiger partial charge in [-0.2, -0.15) is 0 Å². The topological polar surface area (TPSA) is 98.0 Å². The number of nitro benzene ring substituents is 1. The molecule has 1 atom stereocenters. The molecule has 1 unspecified atom stereocenters. The highest BCUT2D eigenvalue weighted by molar-refractivity contribution is 8.00. The van der Waals surface area contributed by atoms with E-state index in [4.69, 9.17) is 0 Å². The third kappa shape index (κ3) is 4.23. The van der Waals surface area contributed by atoms with Crippen LogP contribution >= 0.6 is 23.1 Å². The fraction of sp³-hybridized carbons (Fsp3) is 0.250. The van der Waals surface area contributed by atoms with Crippen molar-refractivity contribution < 1.29 is 9.72 Å². The van der Waals surface area contributed by atoms with Gasteiger partial charge in [-0.05, 0) is 26.0 Å². The van der Waals surface area contributed by atoms with Gasteiger partial charge in [-0.3, -0.25) is 20.2 Å². The van der Waals surface area contributed by atoms with Crippen LogP contribution in [0.3, 0.4) is 0 Å². The minimum atomic E-state index is -0.456. The largest absolute Gasteiger partial charge is 0.300 e. The quantitative estimate of drug-likeness (QED) is 0.516. The second-order valence-electron chi connectivity index (χ2n) is 4.13. The average molecular weight is 324 g/mol. The lowest BCUT2D eigenvalue weighted by atomic mass is 10.3. The summed E-state index contributed by atoms with van der Waals surface area (Å²) in [6.45, 7) is 3.57. The van der Waals surface area contributed by atoms with E-state index in [0.717, 1.165) is 9.90 Å². The van der Waals surface area contributed by atoms with E-state index in [2.05, 4.69) is 15.5 Å². The molecule has 0 radical (unpaired) electrons. The Balaban J connectivity index is 1.95. The van der Waals surface area contributed by atoms with Crippen LogP contribution in [0.1, 0.15) is 11.9 Å². The third-order valence-electron chi connectivity index (χ3n) is 2.49. The van der Waals surface area contributed by atoms with E-state index in [1.165, 1.54) is 35.2 Å². The molecule has 0 spiro atoms. The first-order valence-corrected chi connectivity index (χ1v) is 7.67. The predicted octanol–water partition coefficient (Wildman–Crippen LogP) is 2.87. The van der Waals surface area contributed by atoms with Crippen LogP contribution in [0.5, 0.6) is 0 Å². The van der Waals surface area contributed by atoms with Crippen molar-refractivity contribution in [2.75, 3.05) is 5.32 Å². The maximum atomic E-state index is 12.0. The Morgan fingerprint density at radius 1 is 1.38 bits per heavy atom. The number of aromatic nitrogens is 2. The monoisotopic (exact) mass is 324 g/mol. The molecule has 1 aromatic carbocycles. The zero-order valence-corrected chi connectivity index (χ0v) is 12.9. The number of nitrogens with one attached hydrogen (secondary N) is 1. The van der Waals surface area contributed by atoms with Crippen LogP contribution in [0.2, 0.25) is 0 Å². The van der Waals surface area contributed by atoms with E-state index >= 15 is 0 Å². The summed E-state index contributed by atoms with van der Waals surface area (Å²) in [6, 6.07) is 6.09. The molecule has 0 saturated heterocycles. The number of nitrogens with zero attached hydrogens (tertiary/aromatic N) is 3. The summed E-state index contributed by atoms with van der Waals surface area (Å²) in [7, 11) is 0. The maximum absolute atomic E-state index is 12.0. The minimum absolute atomic E-state index is 0.0285. The van der Waals surface area contributed by atoms with Crippen molar-refractivity contribution in [1.29, 1.82) is 0 Å². The minimum Gasteiger partial charge on any atom is -0.300 e. The van der Waals surface area contributed by atoms with Gasteiger partial charge >= 0.3 is 0 Å². The zero-order valence-electron chi connectivity index (χ0n) is 11.3. The molecule has 1 N–H and O–H groups in total. The van der Waals surface area contributed by atoms with E-state index in [-0.39, 0.29) is 16.8 Å². The number of amides is 1. The second kappa shape index (κ2) is 6.64. The number of nitro groups is 1. The Kier molecular flexibility index (Phi) is 4.86. The molecule has 7 nitrogen and oxygen atoms in total. The molecule has 0 aliphatic carbocycles. The van der Waals surface area contributed by atoms with E-state index < -0.39 is 4.92 Å². The van der Waals surface area contributed by atoms with Crippen molar-refractivity contribution >= 4 is 39.8 Å². The average Bonchev–Trinajstić information content (AvgIpc) is 2.84. The number of non-ortho nitro benzene ring substituents is 1. The summed E-state index contributed by atoms with van der Waals surface area (Å²) >= 11 is 2.63. The predicted molar refractivity (Wildman–Crippen MR) is 81.7 cm³/mol. The first-order chi connectivity index (χ1) is 9.95. The molecule has 1 heterocycles. The molecule has 0 bridgehead atoms. The lowest BCUT2D eigenvalue weighted by Crippen LogP contribution is -2.22.